The molecule has 6 nitrogen and oxygen atoms in total. The Morgan fingerprint density at radius 1 is 1.50 bits per heavy atom. The van der Waals surface area contributed by atoms with Gasteiger partial charge in [-0.05, 0) is 20.3 Å². The number of methoxy groups -OCH3 is 1. The van der Waals surface area contributed by atoms with Gasteiger partial charge in [-0.25, -0.2) is 9.78 Å². The van der Waals surface area contributed by atoms with Crippen LogP contribution >= 0.6 is 0 Å². The van der Waals surface area contributed by atoms with Crippen molar-refractivity contribution in [1.29, 1.82) is 0 Å². The summed E-state index contributed by atoms with van der Waals surface area (Å²) in [6.45, 7) is 5.88. The van der Waals surface area contributed by atoms with Crippen molar-refractivity contribution in [2.45, 2.75) is 32.8 Å². The van der Waals surface area contributed by atoms with Gasteiger partial charge in [0.25, 0.3) is 5.82 Å². The van der Waals surface area contributed by atoms with Gasteiger partial charge < -0.3 is 9.47 Å². The minimum absolute atomic E-state index is 0.0357. The number of esters is 1. The smallest absolute Gasteiger partial charge is 0.378 e. The van der Waals surface area contributed by atoms with Gasteiger partial charge in [0.05, 0.1) is 6.61 Å². The van der Waals surface area contributed by atoms with Crippen molar-refractivity contribution in [3.63, 3.8) is 0 Å². The van der Waals surface area contributed by atoms with Crippen molar-refractivity contribution in [1.82, 2.24) is 15.2 Å². The summed E-state index contributed by atoms with van der Waals surface area (Å²) >= 11 is 0. The first-order valence-electron chi connectivity index (χ1n) is 5.22. The van der Waals surface area contributed by atoms with Crippen LogP contribution in [0.5, 0.6) is 0 Å². The van der Waals surface area contributed by atoms with Crippen molar-refractivity contribution >= 4 is 5.97 Å². The van der Waals surface area contributed by atoms with E-state index >= 15 is 0 Å². The number of hydrogen-bond acceptors (Lipinski definition) is 5. The summed E-state index contributed by atoms with van der Waals surface area (Å²) in [5.41, 5.74) is -0.558. The van der Waals surface area contributed by atoms with Crippen LogP contribution in [0.4, 0.5) is 0 Å². The molecular weight excluding hydrogens is 210 g/mol. The van der Waals surface area contributed by atoms with E-state index in [0.29, 0.717) is 12.4 Å². The molecule has 0 radical (unpaired) electrons. The molecule has 1 atom stereocenters. The van der Waals surface area contributed by atoms with E-state index in [9.17, 15) is 4.79 Å². The normalized spacial score (nSPS) is 14.5. The molecule has 1 N–H and O–H groups in total. The highest BCUT2D eigenvalue weighted by Gasteiger charge is 2.29. The number of carbonyl (C=O) groups excluding carboxylic acids is 1. The van der Waals surface area contributed by atoms with E-state index in [-0.39, 0.29) is 5.82 Å². The second-order valence-corrected chi connectivity index (χ2v) is 3.52. The number of aromatic nitrogens is 3. The molecular formula is C10H17N3O3. The molecule has 0 bridgehead atoms. The van der Waals surface area contributed by atoms with Crippen LogP contribution in [-0.2, 0) is 15.1 Å². The lowest BCUT2D eigenvalue weighted by Crippen LogP contribution is -2.25. The zero-order valence-corrected chi connectivity index (χ0v) is 10.0. The van der Waals surface area contributed by atoms with Gasteiger partial charge in [-0.2, -0.15) is 0 Å². The summed E-state index contributed by atoms with van der Waals surface area (Å²) in [4.78, 5) is 15.4. The summed E-state index contributed by atoms with van der Waals surface area (Å²) in [6.07, 6.45) is 0.723. The molecule has 0 spiro atoms. The third-order valence-electron chi connectivity index (χ3n) is 2.57. The first-order chi connectivity index (χ1) is 7.57. The minimum atomic E-state index is -0.558. The maximum atomic E-state index is 11.4. The molecule has 0 fully saturated rings. The number of aromatic amines is 1. The highest BCUT2D eigenvalue weighted by molar-refractivity contribution is 5.84. The second-order valence-electron chi connectivity index (χ2n) is 3.52. The quantitative estimate of drug-likeness (QED) is 0.766. The molecule has 1 rings (SSSR count). The Morgan fingerprint density at radius 2 is 2.19 bits per heavy atom. The third-order valence-corrected chi connectivity index (χ3v) is 2.57. The molecule has 90 valence electrons. The van der Waals surface area contributed by atoms with Crippen LogP contribution in [0.2, 0.25) is 0 Å². The average molecular weight is 227 g/mol. The second kappa shape index (κ2) is 5.07. The van der Waals surface area contributed by atoms with E-state index in [1.165, 1.54) is 0 Å². The van der Waals surface area contributed by atoms with Crippen molar-refractivity contribution < 1.29 is 14.3 Å². The van der Waals surface area contributed by atoms with Crippen molar-refractivity contribution in [2.24, 2.45) is 0 Å². The number of nitrogens with one attached hydrogen (secondary N) is 1. The van der Waals surface area contributed by atoms with Crippen molar-refractivity contribution in [2.75, 3.05) is 13.7 Å². The fourth-order valence-electron chi connectivity index (χ4n) is 1.19. The Bertz CT molecular complexity index is 358. The van der Waals surface area contributed by atoms with Gasteiger partial charge in [0.2, 0.25) is 0 Å². The predicted molar refractivity (Wildman–Crippen MR) is 57.0 cm³/mol. The molecule has 16 heavy (non-hydrogen) atoms. The van der Waals surface area contributed by atoms with Crippen molar-refractivity contribution in [3.05, 3.63) is 11.6 Å². The van der Waals surface area contributed by atoms with Gasteiger partial charge in [-0.1, -0.05) is 6.92 Å². The molecule has 0 aromatic carbocycles. The zero-order chi connectivity index (χ0) is 12.2. The molecule has 0 aliphatic heterocycles. The van der Waals surface area contributed by atoms with E-state index in [0.717, 1.165) is 6.42 Å². The fraction of sp³-hybridized carbons (Fsp3) is 0.700. The number of carbonyl (C=O) groups is 1. The summed E-state index contributed by atoms with van der Waals surface area (Å²) in [5, 5.41) is 6.51. The van der Waals surface area contributed by atoms with Crippen LogP contribution in [0, 0.1) is 0 Å². The largest absolute Gasteiger partial charge is 0.460 e. The van der Waals surface area contributed by atoms with Crippen molar-refractivity contribution in [3.8, 4) is 0 Å². The first kappa shape index (κ1) is 12.6. The third kappa shape index (κ3) is 2.38. The monoisotopic (exact) mass is 227 g/mol. The maximum Gasteiger partial charge on any atom is 0.378 e. The Labute approximate surface area is 94.4 Å². The lowest BCUT2D eigenvalue weighted by Gasteiger charge is -2.23. The molecule has 0 saturated heterocycles. The minimum Gasteiger partial charge on any atom is -0.460 e. The SMILES string of the molecule is CCOC(=O)c1n[nH]c(C(C)(CC)OC)n1. The Balaban J connectivity index is 2.90. The number of nitrogens with zero attached hydrogens (tertiary/aromatic N) is 2. The molecule has 0 amide bonds. The van der Waals surface area contributed by atoms with E-state index in [2.05, 4.69) is 15.2 Å². The van der Waals surface area contributed by atoms with Gasteiger partial charge in [-0.3, -0.25) is 5.10 Å². The summed E-state index contributed by atoms with van der Waals surface area (Å²) in [5.74, 6) is 0.0358. The Morgan fingerprint density at radius 3 is 2.69 bits per heavy atom. The molecule has 1 heterocycles. The standard InChI is InChI=1S/C10H17N3O3/c1-5-10(3,15-4)9-11-7(12-13-9)8(14)16-6-2/h5-6H2,1-4H3,(H,11,12,13). The first-order valence-corrected chi connectivity index (χ1v) is 5.22. The lowest BCUT2D eigenvalue weighted by atomic mass is 10.0. The van der Waals surface area contributed by atoms with Gasteiger partial charge in [0.1, 0.15) is 5.60 Å². The summed E-state index contributed by atoms with van der Waals surface area (Å²) in [7, 11) is 1.59. The van der Waals surface area contributed by atoms with Crippen LogP contribution < -0.4 is 0 Å². The lowest BCUT2D eigenvalue weighted by molar-refractivity contribution is -0.00874. The number of rotatable bonds is 5. The van der Waals surface area contributed by atoms with Gasteiger partial charge in [0.15, 0.2) is 5.82 Å². The summed E-state index contributed by atoms with van der Waals surface area (Å²) < 4.78 is 10.1. The van der Waals surface area contributed by atoms with Gasteiger partial charge >= 0.3 is 5.97 Å². The van der Waals surface area contributed by atoms with Gasteiger partial charge in [-0.15, -0.1) is 5.10 Å². The maximum absolute atomic E-state index is 11.4. The van der Waals surface area contributed by atoms with E-state index < -0.39 is 11.6 Å². The van der Waals surface area contributed by atoms with Crippen LogP contribution in [0.3, 0.4) is 0 Å². The number of hydrogen-bond donors (Lipinski definition) is 1. The topological polar surface area (TPSA) is 77.1 Å². The Kier molecular flexibility index (Phi) is 4.00. The van der Waals surface area contributed by atoms with Crippen LogP contribution in [0.15, 0.2) is 0 Å². The number of ether oxygens (including phenoxy) is 2. The van der Waals surface area contributed by atoms with Gasteiger partial charge in [0, 0.05) is 7.11 Å². The molecule has 0 aliphatic rings. The van der Waals surface area contributed by atoms with Crippen LogP contribution in [0.25, 0.3) is 0 Å². The van der Waals surface area contributed by atoms with Crippen LogP contribution in [0.1, 0.15) is 43.6 Å². The Hall–Kier alpha value is -1.43. The highest BCUT2D eigenvalue weighted by atomic mass is 16.5. The van der Waals surface area contributed by atoms with E-state index in [1.807, 2.05) is 13.8 Å². The van der Waals surface area contributed by atoms with Crippen LogP contribution in [-0.4, -0.2) is 34.9 Å². The molecule has 0 saturated carbocycles. The molecule has 6 heteroatoms. The predicted octanol–water partition coefficient (Wildman–Crippen LogP) is 1.25. The highest BCUT2D eigenvalue weighted by Crippen LogP contribution is 2.24. The molecule has 1 aromatic rings. The van der Waals surface area contributed by atoms with E-state index in [1.54, 1.807) is 14.0 Å². The fourth-order valence-corrected chi connectivity index (χ4v) is 1.19. The molecule has 1 aromatic heterocycles. The zero-order valence-electron chi connectivity index (χ0n) is 10.0. The average Bonchev–Trinajstić information content (AvgIpc) is 2.78. The number of H-pyrrole nitrogens is 1. The summed E-state index contributed by atoms with van der Waals surface area (Å²) in [6, 6.07) is 0. The molecule has 1 unspecified atom stereocenters. The molecule has 0 aliphatic carbocycles. The van der Waals surface area contributed by atoms with E-state index in [4.69, 9.17) is 9.47 Å².